The number of hydrogen-bond acceptors (Lipinski definition) is 3. The third-order valence-electron chi connectivity index (χ3n) is 2.82. The number of aliphatic carboxylic acids is 1. The van der Waals surface area contributed by atoms with Gasteiger partial charge in [0.25, 0.3) is 0 Å². The minimum atomic E-state index is -5.05. The molecule has 1 fully saturated rings. The lowest BCUT2D eigenvalue weighted by Crippen LogP contribution is -2.62. The maximum absolute atomic E-state index is 13.1. The third-order valence-corrected chi connectivity index (χ3v) is 2.82. The predicted molar refractivity (Wildman–Crippen MR) is 58.6 cm³/mol. The Morgan fingerprint density at radius 3 is 2.16 bits per heavy atom. The molecule has 0 bridgehead atoms. The van der Waals surface area contributed by atoms with Crippen molar-refractivity contribution in [3.8, 4) is 0 Å². The second kappa shape index (κ2) is 4.57. The highest BCUT2D eigenvalue weighted by Crippen LogP contribution is 2.44. The Balaban J connectivity index is 3.12. The van der Waals surface area contributed by atoms with Gasteiger partial charge in [0, 0.05) is 6.54 Å². The van der Waals surface area contributed by atoms with Crippen LogP contribution in [0.2, 0.25) is 0 Å². The molecule has 0 aromatic rings. The van der Waals surface area contributed by atoms with E-state index in [0.29, 0.717) is 0 Å². The summed E-state index contributed by atoms with van der Waals surface area (Å²) in [6.07, 6.45) is -7.01. The van der Waals surface area contributed by atoms with E-state index < -0.39 is 35.8 Å². The molecule has 1 N–H and O–H groups in total. The summed E-state index contributed by atoms with van der Waals surface area (Å²) in [5.74, 6) is -2.08. The number of alkyl halides is 3. The number of carboxylic acids is 1. The summed E-state index contributed by atoms with van der Waals surface area (Å²) in [6, 6.07) is 0. The number of amides is 1. The molecule has 0 aliphatic carbocycles. The quantitative estimate of drug-likeness (QED) is 0.802. The minimum Gasteiger partial charge on any atom is -0.479 e. The van der Waals surface area contributed by atoms with Crippen LogP contribution in [0.4, 0.5) is 18.0 Å². The first-order valence-electron chi connectivity index (χ1n) is 5.72. The lowest BCUT2D eigenvalue weighted by molar-refractivity contribution is -0.227. The normalized spacial score (nSPS) is 24.4. The molecule has 8 heteroatoms. The SMILES string of the molecule is CC(C)(C)OC(=O)N1CCC[C@@]1(C(=O)O)C(F)(F)F. The number of carbonyl (C=O) groups excluding carboxylic acids is 1. The number of nitrogens with zero attached hydrogens (tertiary/aromatic N) is 1. The van der Waals surface area contributed by atoms with Crippen molar-refractivity contribution >= 4 is 12.1 Å². The Hall–Kier alpha value is -1.47. The average Bonchev–Trinajstić information content (AvgIpc) is 2.57. The molecule has 0 saturated carbocycles. The van der Waals surface area contributed by atoms with Crippen LogP contribution in [0.15, 0.2) is 0 Å². The van der Waals surface area contributed by atoms with Crippen LogP contribution in [-0.2, 0) is 9.53 Å². The summed E-state index contributed by atoms with van der Waals surface area (Å²) in [6.45, 7) is 4.20. The Bertz CT molecular complexity index is 388. The number of carbonyl (C=O) groups is 2. The summed E-state index contributed by atoms with van der Waals surface area (Å²) < 4.78 is 44.1. The first-order valence-corrected chi connectivity index (χ1v) is 5.72. The van der Waals surface area contributed by atoms with E-state index in [1.807, 2.05) is 0 Å². The zero-order valence-corrected chi connectivity index (χ0v) is 10.9. The van der Waals surface area contributed by atoms with Gasteiger partial charge < -0.3 is 9.84 Å². The van der Waals surface area contributed by atoms with Gasteiger partial charge in [0.05, 0.1) is 0 Å². The zero-order chi connectivity index (χ0) is 15.1. The molecule has 110 valence electrons. The van der Waals surface area contributed by atoms with Gasteiger partial charge in [0.2, 0.25) is 5.54 Å². The molecule has 5 nitrogen and oxygen atoms in total. The van der Waals surface area contributed by atoms with Gasteiger partial charge in [-0.05, 0) is 33.6 Å². The molecule has 0 spiro atoms. The fraction of sp³-hybridized carbons (Fsp3) is 0.818. The summed E-state index contributed by atoms with van der Waals surface area (Å²) in [5.41, 5.74) is -4.18. The number of likely N-dealkylation sites (tertiary alicyclic amines) is 1. The van der Waals surface area contributed by atoms with E-state index >= 15 is 0 Å². The third kappa shape index (κ3) is 2.76. The monoisotopic (exact) mass is 283 g/mol. The van der Waals surface area contributed by atoms with Gasteiger partial charge in [-0.3, -0.25) is 4.90 Å². The van der Waals surface area contributed by atoms with E-state index in [4.69, 9.17) is 9.84 Å². The second-order valence-electron chi connectivity index (χ2n) is 5.40. The van der Waals surface area contributed by atoms with Gasteiger partial charge in [-0.25, -0.2) is 9.59 Å². The first kappa shape index (κ1) is 15.6. The largest absolute Gasteiger partial charge is 0.479 e. The lowest BCUT2D eigenvalue weighted by Gasteiger charge is -2.36. The highest BCUT2D eigenvalue weighted by molar-refractivity contribution is 5.86. The molecule has 0 radical (unpaired) electrons. The Morgan fingerprint density at radius 2 is 1.79 bits per heavy atom. The van der Waals surface area contributed by atoms with Crippen LogP contribution in [0.1, 0.15) is 33.6 Å². The number of ether oxygens (including phenoxy) is 1. The average molecular weight is 283 g/mol. The minimum absolute atomic E-state index is 0.0367. The highest BCUT2D eigenvalue weighted by Gasteiger charge is 2.68. The van der Waals surface area contributed by atoms with Crippen molar-refractivity contribution in [1.29, 1.82) is 0 Å². The van der Waals surface area contributed by atoms with Gasteiger partial charge in [-0.1, -0.05) is 0 Å². The maximum atomic E-state index is 13.1. The van der Waals surface area contributed by atoms with E-state index in [2.05, 4.69) is 0 Å². The van der Waals surface area contributed by atoms with E-state index in [1.165, 1.54) is 20.8 Å². The molecule has 1 rings (SSSR count). The lowest BCUT2D eigenvalue weighted by atomic mass is 9.96. The van der Waals surface area contributed by atoms with Gasteiger partial charge in [-0.15, -0.1) is 0 Å². The topological polar surface area (TPSA) is 66.8 Å². The molecule has 19 heavy (non-hydrogen) atoms. The first-order chi connectivity index (χ1) is 8.42. The van der Waals surface area contributed by atoms with Crippen molar-refractivity contribution in [3.63, 3.8) is 0 Å². The van der Waals surface area contributed by atoms with Crippen LogP contribution in [0, 0.1) is 0 Å². The van der Waals surface area contributed by atoms with Crippen LogP contribution in [0.5, 0.6) is 0 Å². The van der Waals surface area contributed by atoms with Gasteiger partial charge in [0.1, 0.15) is 5.60 Å². The highest BCUT2D eigenvalue weighted by atomic mass is 19.4. The summed E-state index contributed by atoms with van der Waals surface area (Å²) in [5, 5.41) is 8.95. The maximum Gasteiger partial charge on any atom is 0.422 e. The molecule has 1 atom stereocenters. The molecule has 1 amide bonds. The standard InChI is InChI=1S/C11H16F3NO4/c1-9(2,3)19-8(18)15-6-4-5-10(15,7(16)17)11(12,13)14/h4-6H2,1-3H3,(H,16,17)/t10-/m1/s1. The predicted octanol–water partition coefficient (Wildman–Crippen LogP) is 2.40. The molecule has 1 saturated heterocycles. The molecule has 0 unspecified atom stereocenters. The van der Waals surface area contributed by atoms with Crippen LogP contribution < -0.4 is 0 Å². The van der Waals surface area contributed by atoms with Crippen LogP contribution in [0.25, 0.3) is 0 Å². The fourth-order valence-corrected chi connectivity index (χ4v) is 2.02. The zero-order valence-electron chi connectivity index (χ0n) is 10.9. The van der Waals surface area contributed by atoms with Crippen molar-refractivity contribution in [3.05, 3.63) is 0 Å². The molecular formula is C11H16F3NO4. The number of carboxylic acid groups (broad SMARTS) is 1. The van der Waals surface area contributed by atoms with Crippen molar-refractivity contribution in [2.24, 2.45) is 0 Å². The van der Waals surface area contributed by atoms with E-state index in [-0.39, 0.29) is 17.9 Å². The molecule has 1 heterocycles. The molecular weight excluding hydrogens is 267 g/mol. The van der Waals surface area contributed by atoms with Crippen LogP contribution >= 0.6 is 0 Å². The molecule has 1 aliphatic heterocycles. The van der Waals surface area contributed by atoms with E-state index in [1.54, 1.807) is 0 Å². The summed E-state index contributed by atoms with van der Waals surface area (Å²) >= 11 is 0. The van der Waals surface area contributed by atoms with Crippen molar-refractivity contribution in [1.82, 2.24) is 4.90 Å². The Morgan fingerprint density at radius 1 is 1.26 bits per heavy atom. The van der Waals surface area contributed by atoms with Crippen molar-refractivity contribution in [2.45, 2.75) is 50.9 Å². The van der Waals surface area contributed by atoms with Gasteiger partial charge in [-0.2, -0.15) is 13.2 Å². The van der Waals surface area contributed by atoms with Crippen LogP contribution in [-0.4, -0.2) is 45.9 Å². The molecule has 0 aromatic carbocycles. The number of hydrogen-bond donors (Lipinski definition) is 1. The van der Waals surface area contributed by atoms with E-state index in [9.17, 15) is 22.8 Å². The molecule has 1 aliphatic rings. The smallest absolute Gasteiger partial charge is 0.422 e. The Labute approximate surface area is 108 Å². The van der Waals surface area contributed by atoms with Crippen molar-refractivity contribution < 1.29 is 32.6 Å². The van der Waals surface area contributed by atoms with Gasteiger partial charge in [0.15, 0.2) is 0 Å². The second-order valence-corrected chi connectivity index (χ2v) is 5.40. The number of halogens is 3. The molecule has 0 aromatic heterocycles. The fourth-order valence-electron chi connectivity index (χ4n) is 2.02. The van der Waals surface area contributed by atoms with Crippen molar-refractivity contribution in [2.75, 3.05) is 6.54 Å². The Kier molecular flexibility index (Phi) is 3.75. The van der Waals surface area contributed by atoms with Gasteiger partial charge >= 0.3 is 18.2 Å². The summed E-state index contributed by atoms with van der Waals surface area (Å²) in [7, 11) is 0. The van der Waals surface area contributed by atoms with Crippen LogP contribution in [0.3, 0.4) is 0 Å². The summed E-state index contributed by atoms with van der Waals surface area (Å²) in [4.78, 5) is 23.1. The number of rotatable bonds is 1. The van der Waals surface area contributed by atoms with E-state index in [0.717, 1.165) is 0 Å².